The molecule has 0 amide bonds. The largest absolute Gasteiger partial charge is 0.505 e. The van der Waals surface area contributed by atoms with Crippen LogP contribution < -0.4 is 0 Å². The molecular weight excluding hydrogens is 280 g/mol. The predicted octanol–water partition coefficient (Wildman–Crippen LogP) is 5.21. The maximum absolute atomic E-state index is 9.97. The second kappa shape index (κ2) is 6.67. The van der Waals surface area contributed by atoms with Crippen LogP contribution in [0.2, 0.25) is 1.41 Å². The van der Waals surface area contributed by atoms with Crippen molar-refractivity contribution in [1.82, 2.24) is 0 Å². The molecule has 0 bridgehead atoms. The number of aromatic hydroxyl groups is 1. The van der Waals surface area contributed by atoms with Gasteiger partial charge in [-0.1, -0.05) is 44.5 Å². The van der Waals surface area contributed by atoms with Crippen LogP contribution in [0.4, 0.5) is 5.69 Å². The zero-order valence-electron chi connectivity index (χ0n) is 12.2. The fraction of sp³-hybridized carbons (Fsp3) is 0.231. The van der Waals surface area contributed by atoms with Crippen molar-refractivity contribution >= 4 is 27.3 Å². The normalized spacial score (nSPS) is 12.9. The number of benzene rings is 2. The first-order chi connectivity index (χ1) is 9.86. The van der Waals surface area contributed by atoms with Crippen LogP contribution in [0.25, 0.3) is 10.8 Å². The smallest absolute Gasteiger partial charge is 0.214 e. The summed E-state index contributed by atoms with van der Waals surface area (Å²) in [5, 5.41) is 14.2. The molecule has 2 aromatic rings. The number of fused-ring (bicyclic) bond motifs is 1. The average Bonchev–Trinajstić information content (AvgIpc) is 2.42. The summed E-state index contributed by atoms with van der Waals surface area (Å²) in [4.78, 5) is -0.366. The van der Waals surface area contributed by atoms with Crippen molar-refractivity contribution < 1.29 is 20.2 Å². The summed E-state index contributed by atoms with van der Waals surface area (Å²) < 4.78 is 34.6. The Kier molecular flexibility index (Phi) is 4.91. The first kappa shape index (κ1) is 14.7. The van der Waals surface area contributed by atoms with Gasteiger partial charge < -0.3 is 18.8 Å². The van der Waals surface area contributed by atoms with Gasteiger partial charge in [-0.2, -0.15) is 5.11 Å². The van der Waals surface area contributed by atoms with Crippen molar-refractivity contribution in [2.24, 2.45) is 5.11 Å². The number of phenols is 1. The van der Waals surface area contributed by atoms with Crippen molar-refractivity contribution in [1.29, 1.82) is 5.52 Å². The first-order valence-corrected chi connectivity index (χ1v) is 7.47. The molecule has 110 valence electrons. The minimum Gasteiger partial charge on any atom is -0.505 e. The zero-order chi connectivity index (χ0) is 16.0. The van der Waals surface area contributed by atoms with E-state index in [0.29, 0.717) is 10.8 Å². The molecule has 2 aromatic carbocycles. The summed E-state index contributed by atoms with van der Waals surface area (Å²) >= 11 is 0. The van der Waals surface area contributed by atoms with Crippen LogP contribution in [0.15, 0.2) is 40.3 Å². The summed E-state index contributed by atoms with van der Waals surface area (Å²) in [6, 6.07) is 7.89. The Hall–Kier alpha value is -1.67. The minimum atomic E-state index is -4.07. The number of hydrogen-bond acceptors (Lipinski definition) is 6. The van der Waals surface area contributed by atoms with Crippen LogP contribution >= 0.6 is 10.9 Å². The van der Waals surface area contributed by atoms with E-state index in [0.717, 1.165) is 0 Å². The fourth-order valence-corrected chi connectivity index (χ4v) is 2.28. The van der Waals surface area contributed by atoms with Gasteiger partial charge in [-0.15, -0.1) is 0 Å². The van der Waals surface area contributed by atoms with Gasteiger partial charge in [-0.05, 0) is 11.5 Å². The van der Waals surface area contributed by atoms with E-state index in [9.17, 15) is 18.8 Å². The third-order valence-electron chi connectivity index (χ3n) is 2.36. The minimum absolute atomic E-state index is 0.328. The van der Waals surface area contributed by atoms with Gasteiger partial charge in [-0.25, -0.2) is 5.52 Å². The number of phenolic OH excluding ortho intramolecular Hbond substituents is 1. The molecule has 0 heterocycles. The van der Waals surface area contributed by atoms with Gasteiger partial charge in [0, 0.05) is 5.39 Å². The molecule has 0 aromatic heterocycles. The van der Waals surface area contributed by atoms with Crippen LogP contribution in [0, 0.1) is 5.52 Å². The van der Waals surface area contributed by atoms with Crippen LogP contribution in [0.5, 0.6) is 5.75 Å². The van der Waals surface area contributed by atoms with Gasteiger partial charge in [0.1, 0.15) is 16.6 Å². The van der Waals surface area contributed by atoms with Gasteiger partial charge in [0.25, 0.3) is 0 Å². The van der Waals surface area contributed by atoms with Gasteiger partial charge in [-0.3, -0.25) is 0 Å². The molecule has 0 aliphatic heterocycles. The van der Waals surface area contributed by atoms with Crippen molar-refractivity contribution in [3.8, 4) is 5.75 Å². The van der Waals surface area contributed by atoms with E-state index in [1.165, 1.54) is 12.5 Å². The maximum Gasteiger partial charge on any atom is 0.214 e. The highest BCUT2D eigenvalue weighted by Crippen LogP contribution is 2.53. The number of nitrogens with one attached hydrogen (secondary N) is 1. The molecule has 0 radical (unpaired) electrons. The second-order valence-electron chi connectivity index (χ2n) is 4.12. The molecule has 5 N–H and O–H groups in total. The molecule has 0 aliphatic rings. The van der Waals surface area contributed by atoms with Crippen LogP contribution in [-0.2, 0) is 0 Å². The summed E-state index contributed by atoms with van der Waals surface area (Å²) in [5.74, 6) is -0.367. The first-order valence-electron chi connectivity index (χ1n) is 6.42. The highest BCUT2D eigenvalue weighted by atomic mass is 32.3. The number of hydrogen-bond donors (Lipinski definition) is 5. The van der Waals surface area contributed by atoms with Crippen LogP contribution in [0.1, 0.15) is 20.3 Å². The van der Waals surface area contributed by atoms with E-state index in [-0.39, 0.29) is 16.3 Å². The Bertz CT molecular complexity index is 644. The second-order valence-corrected chi connectivity index (χ2v) is 5.60. The molecule has 0 atom stereocenters. The lowest BCUT2D eigenvalue weighted by Gasteiger charge is -2.21. The average molecular weight is 299 g/mol. The SMILES string of the molecule is CCC.[2H]N=Nc1c(S(O)(O)O)cc2ccccc2c1O. The third kappa shape index (κ3) is 3.45. The topological polar surface area (TPSA) is 117 Å². The van der Waals surface area contributed by atoms with E-state index in [4.69, 9.17) is 1.41 Å². The third-order valence-corrected chi connectivity index (χ3v) is 3.26. The molecule has 2 rings (SSSR count). The Labute approximate surface area is 120 Å². The van der Waals surface area contributed by atoms with Crippen molar-refractivity contribution in [3.05, 3.63) is 30.3 Å². The standard InChI is InChI=1S/C10H10N2O4S.C3H8/c11-12-9-8(17(14,15)16)5-6-3-1-2-4-7(6)10(9)13;1-3-2/h1-5,11,13-16H;3H2,1-2H3/i/hD. The predicted molar refractivity (Wildman–Crippen MR) is 80.1 cm³/mol. The van der Waals surface area contributed by atoms with Crippen molar-refractivity contribution in [2.45, 2.75) is 25.2 Å². The summed E-state index contributed by atoms with van der Waals surface area (Å²) in [6.45, 7) is 4.25. The zero-order valence-corrected chi connectivity index (χ0v) is 12.0. The molecular formula is C13H18N2O4S. The highest BCUT2D eigenvalue weighted by Gasteiger charge is 2.24. The molecule has 0 saturated heterocycles. The van der Waals surface area contributed by atoms with E-state index >= 15 is 0 Å². The summed E-state index contributed by atoms with van der Waals surface area (Å²) in [6.07, 6.45) is 1.25. The molecule has 20 heavy (non-hydrogen) atoms. The Morgan fingerprint density at radius 2 is 1.85 bits per heavy atom. The van der Waals surface area contributed by atoms with E-state index in [1.54, 1.807) is 24.3 Å². The molecule has 0 saturated carbocycles. The Balaban J connectivity index is 0.000000677. The van der Waals surface area contributed by atoms with E-state index < -0.39 is 10.9 Å². The van der Waals surface area contributed by atoms with Gasteiger partial charge in [0.15, 0.2) is 5.75 Å². The molecule has 0 aliphatic carbocycles. The maximum atomic E-state index is 9.97. The monoisotopic (exact) mass is 299 g/mol. The van der Waals surface area contributed by atoms with Gasteiger partial charge in [0.05, 0.1) is 4.90 Å². The van der Waals surface area contributed by atoms with Crippen LogP contribution in [-0.4, -0.2) is 18.8 Å². The molecule has 0 unspecified atom stereocenters. The summed E-state index contributed by atoms with van der Waals surface area (Å²) in [5.41, 5.74) is 2.42. The molecule has 0 spiro atoms. The van der Waals surface area contributed by atoms with E-state index in [2.05, 4.69) is 24.5 Å². The highest BCUT2D eigenvalue weighted by molar-refractivity contribution is 8.19. The number of nitrogens with zero attached hydrogens (tertiary/aromatic N) is 1. The summed E-state index contributed by atoms with van der Waals surface area (Å²) in [7, 11) is -4.07. The Morgan fingerprint density at radius 3 is 2.40 bits per heavy atom. The lowest BCUT2D eigenvalue weighted by Crippen LogP contribution is -1.96. The molecule has 0 fully saturated rings. The number of rotatable bonds is 2. The molecule has 7 heteroatoms. The van der Waals surface area contributed by atoms with Gasteiger partial charge in [0.2, 0.25) is 1.41 Å². The fourth-order valence-electron chi connectivity index (χ4n) is 1.60. The van der Waals surface area contributed by atoms with Crippen molar-refractivity contribution in [3.63, 3.8) is 0 Å². The lowest BCUT2D eigenvalue weighted by molar-refractivity contribution is 0.375. The van der Waals surface area contributed by atoms with Crippen LogP contribution in [0.3, 0.4) is 0 Å². The van der Waals surface area contributed by atoms with E-state index in [1.807, 2.05) is 0 Å². The molecule has 6 nitrogen and oxygen atoms in total. The van der Waals surface area contributed by atoms with Crippen molar-refractivity contribution in [2.75, 3.05) is 0 Å². The Morgan fingerprint density at radius 1 is 1.25 bits per heavy atom. The lowest BCUT2D eigenvalue weighted by atomic mass is 10.1. The van der Waals surface area contributed by atoms with Gasteiger partial charge >= 0.3 is 0 Å². The quantitative estimate of drug-likeness (QED) is 0.489.